The van der Waals surface area contributed by atoms with Gasteiger partial charge in [-0.3, -0.25) is 4.79 Å². The monoisotopic (exact) mass is 435 g/mol. The van der Waals surface area contributed by atoms with Gasteiger partial charge >= 0.3 is 5.97 Å². The molecule has 0 bridgehead atoms. The summed E-state index contributed by atoms with van der Waals surface area (Å²) in [4.78, 5) is 10.7. The molecular formula is C19H33NO4S3. The summed E-state index contributed by atoms with van der Waals surface area (Å²) in [5.74, 6) is -0.523. The van der Waals surface area contributed by atoms with E-state index in [0.29, 0.717) is 5.75 Å². The summed E-state index contributed by atoms with van der Waals surface area (Å²) in [6.07, 6.45) is 11.4. The van der Waals surface area contributed by atoms with Crippen molar-refractivity contribution in [1.29, 1.82) is 5.26 Å². The van der Waals surface area contributed by atoms with E-state index in [-0.39, 0.29) is 16.4 Å². The Hall–Kier alpha value is -0.650. The molecule has 0 saturated heterocycles. The number of nitriles is 1. The number of nitrogens with zero attached hydrogens (tertiary/aromatic N) is 1. The van der Waals surface area contributed by atoms with Crippen LogP contribution in [-0.2, 0) is 14.6 Å². The maximum Gasteiger partial charge on any atom is 0.303 e. The van der Waals surface area contributed by atoms with Gasteiger partial charge in [-0.25, -0.2) is 8.42 Å². The van der Waals surface area contributed by atoms with Gasteiger partial charge in [0.1, 0.15) is 0 Å². The first-order chi connectivity index (χ1) is 12.7. The predicted molar refractivity (Wildman–Crippen MR) is 117 cm³/mol. The van der Waals surface area contributed by atoms with Crippen molar-refractivity contribution in [2.45, 2.75) is 95.6 Å². The van der Waals surface area contributed by atoms with E-state index in [4.69, 9.17) is 17.3 Å². The lowest BCUT2D eigenvalue weighted by molar-refractivity contribution is -0.137. The zero-order valence-electron chi connectivity index (χ0n) is 16.5. The maximum absolute atomic E-state index is 12.5. The molecule has 0 saturated carbocycles. The van der Waals surface area contributed by atoms with Crippen LogP contribution in [0.1, 0.15) is 90.9 Å². The molecule has 0 aliphatic rings. The number of aliphatic carboxylic acids is 1. The highest BCUT2D eigenvalue weighted by Crippen LogP contribution is 2.29. The Morgan fingerprint density at radius 2 is 1.56 bits per heavy atom. The molecule has 0 fully saturated rings. The molecule has 0 aromatic rings. The number of rotatable bonds is 15. The Kier molecular flexibility index (Phi) is 14.0. The van der Waals surface area contributed by atoms with Crippen LogP contribution in [0.25, 0.3) is 0 Å². The highest BCUT2D eigenvalue weighted by atomic mass is 32.3. The van der Waals surface area contributed by atoms with Crippen molar-refractivity contribution in [3.05, 3.63) is 0 Å². The van der Waals surface area contributed by atoms with Crippen LogP contribution in [0.4, 0.5) is 0 Å². The Balaban J connectivity index is 4.09. The molecule has 0 aromatic heterocycles. The molecule has 1 unspecified atom stereocenters. The minimum atomic E-state index is -3.99. The first kappa shape index (κ1) is 26.4. The summed E-state index contributed by atoms with van der Waals surface area (Å²) in [6, 6.07) is 1.75. The van der Waals surface area contributed by atoms with E-state index in [1.165, 1.54) is 51.9 Å². The smallest absolute Gasteiger partial charge is 0.303 e. The lowest BCUT2D eigenvalue weighted by atomic mass is 10.1. The van der Waals surface area contributed by atoms with Crippen molar-refractivity contribution in [2.24, 2.45) is 0 Å². The fourth-order valence-corrected chi connectivity index (χ4v) is 6.20. The summed E-state index contributed by atoms with van der Waals surface area (Å²) in [5.41, 5.74) is 0. The molecule has 0 aliphatic carbocycles. The van der Waals surface area contributed by atoms with Crippen molar-refractivity contribution in [3.8, 4) is 6.07 Å². The van der Waals surface area contributed by atoms with E-state index < -0.39 is 20.6 Å². The summed E-state index contributed by atoms with van der Waals surface area (Å²) in [5, 5.41) is 18.0. The van der Waals surface area contributed by atoms with Gasteiger partial charge in [0, 0.05) is 6.42 Å². The lowest BCUT2D eigenvalue weighted by Gasteiger charge is -2.21. The largest absolute Gasteiger partial charge is 0.481 e. The van der Waals surface area contributed by atoms with Crippen LogP contribution in [0, 0.1) is 11.3 Å². The minimum Gasteiger partial charge on any atom is -0.481 e. The summed E-state index contributed by atoms with van der Waals surface area (Å²) in [6.45, 7) is 3.46. The molecule has 0 rings (SSSR count). The number of thioether (sulfide) groups is 1. The second-order valence-electron chi connectivity index (χ2n) is 7.02. The molecule has 156 valence electrons. The van der Waals surface area contributed by atoms with E-state index in [9.17, 15) is 18.5 Å². The van der Waals surface area contributed by atoms with Crippen LogP contribution in [0.5, 0.6) is 0 Å². The quantitative estimate of drug-likeness (QED) is 0.268. The Morgan fingerprint density at radius 3 is 2.00 bits per heavy atom. The Morgan fingerprint density at radius 1 is 1.07 bits per heavy atom. The topological polar surface area (TPSA) is 95.2 Å². The summed E-state index contributed by atoms with van der Waals surface area (Å²) in [7, 11) is -3.99. The van der Waals surface area contributed by atoms with Crippen molar-refractivity contribution in [2.75, 3.05) is 5.75 Å². The van der Waals surface area contributed by atoms with Gasteiger partial charge < -0.3 is 5.11 Å². The van der Waals surface area contributed by atoms with Crippen LogP contribution in [0.2, 0.25) is 0 Å². The molecule has 0 spiro atoms. The maximum atomic E-state index is 12.5. The van der Waals surface area contributed by atoms with Gasteiger partial charge in [-0.05, 0) is 25.5 Å². The normalized spacial score (nSPS) is 13.7. The van der Waals surface area contributed by atoms with E-state index in [2.05, 4.69) is 6.92 Å². The molecule has 5 nitrogen and oxygen atoms in total. The van der Waals surface area contributed by atoms with Crippen molar-refractivity contribution in [1.82, 2.24) is 0 Å². The molecule has 0 heterocycles. The Labute approximate surface area is 174 Å². The number of hydrogen-bond donors (Lipinski definition) is 1. The first-order valence-electron chi connectivity index (χ1n) is 9.75. The van der Waals surface area contributed by atoms with Gasteiger partial charge in [-0.15, -0.1) is 11.8 Å². The average molecular weight is 436 g/mol. The molecule has 0 radical (unpaired) electrons. The zero-order chi connectivity index (χ0) is 20.8. The van der Waals surface area contributed by atoms with Gasteiger partial charge in [0.05, 0.1) is 6.07 Å². The van der Waals surface area contributed by atoms with Crippen molar-refractivity contribution >= 4 is 43.3 Å². The molecule has 0 amide bonds. The number of carbonyl (C=O) groups is 1. The van der Waals surface area contributed by atoms with E-state index in [0.717, 1.165) is 31.0 Å². The second-order valence-corrected chi connectivity index (χ2v) is 11.6. The highest BCUT2D eigenvalue weighted by molar-refractivity contribution is 8.44. The lowest BCUT2D eigenvalue weighted by Crippen LogP contribution is -2.37. The van der Waals surface area contributed by atoms with Gasteiger partial charge in [-0.2, -0.15) is 5.26 Å². The van der Waals surface area contributed by atoms with Crippen LogP contribution < -0.4 is 0 Å². The van der Waals surface area contributed by atoms with Gasteiger partial charge in [-0.1, -0.05) is 76.9 Å². The SMILES string of the molecule is CCCCCCCCCCCCSC(=S)S(=O)(=O)C(C)(C#N)CCC(=O)O. The molecular weight excluding hydrogens is 402 g/mol. The highest BCUT2D eigenvalue weighted by Gasteiger charge is 2.42. The van der Waals surface area contributed by atoms with Gasteiger partial charge in [0.25, 0.3) is 0 Å². The van der Waals surface area contributed by atoms with Gasteiger partial charge in [0.2, 0.25) is 9.84 Å². The molecule has 0 aliphatic heterocycles. The van der Waals surface area contributed by atoms with Crippen LogP contribution in [-0.4, -0.2) is 33.5 Å². The van der Waals surface area contributed by atoms with Crippen molar-refractivity contribution in [3.63, 3.8) is 0 Å². The molecule has 0 aromatic carbocycles. The molecule has 27 heavy (non-hydrogen) atoms. The van der Waals surface area contributed by atoms with Gasteiger partial charge in [0.15, 0.2) is 8.28 Å². The Bertz CT molecular complexity index is 599. The minimum absolute atomic E-state index is 0.201. The number of hydrogen-bond acceptors (Lipinski definition) is 6. The standard InChI is InChI=1S/C19H33NO4S3/c1-3-4-5-6-7-8-9-10-11-12-15-26-18(25)27(23,24)19(2,16-20)14-13-17(21)22/h3-15H2,1-2H3,(H,21,22). The zero-order valence-corrected chi connectivity index (χ0v) is 19.0. The number of carboxylic acid groups (broad SMARTS) is 1. The summed E-state index contributed by atoms with van der Waals surface area (Å²) >= 11 is 6.11. The van der Waals surface area contributed by atoms with Crippen LogP contribution in [0.3, 0.4) is 0 Å². The van der Waals surface area contributed by atoms with E-state index >= 15 is 0 Å². The predicted octanol–water partition coefficient (Wildman–Crippen LogP) is 5.49. The third-order valence-electron chi connectivity index (χ3n) is 4.58. The number of sulfone groups is 1. The molecule has 1 atom stereocenters. The van der Waals surface area contributed by atoms with E-state index in [1.807, 2.05) is 0 Å². The number of carboxylic acids is 1. The number of unbranched alkanes of at least 4 members (excludes halogenated alkanes) is 9. The average Bonchev–Trinajstić information content (AvgIpc) is 2.63. The van der Waals surface area contributed by atoms with Crippen molar-refractivity contribution < 1.29 is 18.3 Å². The van der Waals surface area contributed by atoms with Crippen LogP contribution in [0.15, 0.2) is 0 Å². The summed E-state index contributed by atoms with van der Waals surface area (Å²) < 4.78 is 23.1. The second kappa shape index (κ2) is 14.4. The fraction of sp³-hybridized carbons (Fsp3) is 0.842. The third kappa shape index (κ3) is 10.5. The number of thiocarbonyl (C=S) groups is 1. The molecule has 8 heteroatoms. The van der Waals surface area contributed by atoms with Crippen LogP contribution >= 0.6 is 24.0 Å². The molecule has 1 N–H and O–H groups in total. The van der Waals surface area contributed by atoms with E-state index in [1.54, 1.807) is 6.07 Å². The third-order valence-corrected chi connectivity index (χ3v) is 9.26. The first-order valence-corrected chi connectivity index (χ1v) is 12.6. The fourth-order valence-electron chi connectivity index (χ4n) is 2.60.